The van der Waals surface area contributed by atoms with Crippen molar-refractivity contribution in [2.75, 3.05) is 37.6 Å². The maximum atomic E-state index is 13.5. The first-order chi connectivity index (χ1) is 18.9. The van der Waals surface area contributed by atoms with E-state index in [2.05, 4.69) is 51.1 Å². The van der Waals surface area contributed by atoms with Crippen molar-refractivity contribution in [2.24, 2.45) is 5.92 Å². The zero-order valence-corrected chi connectivity index (χ0v) is 22.7. The molecule has 2 fully saturated rings. The van der Waals surface area contributed by atoms with Crippen LogP contribution in [0.1, 0.15) is 36.3 Å². The number of anilines is 1. The molecule has 39 heavy (non-hydrogen) atoms. The van der Waals surface area contributed by atoms with Crippen LogP contribution in [0.25, 0.3) is 22.2 Å². The number of benzene rings is 2. The fourth-order valence-corrected chi connectivity index (χ4v) is 6.42. The lowest BCUT2D eigenvalue weighted by Crippen LogP contribution is -2.48. The summed E-state index contributed by atoms with van der Waals surface area (Å²) in [7, 11) is 0. The molecule has 3 N–H and O–H groups in total. The van der Waals surface area contributed by atoms with Gasteiger partial charge in [-0.1, -0.05) is 29.8 Å². The first kappa shape index (κ1) is 26.3. The Bertz CT molecular complexity index is 1450. The summed E-state index contributed by atoms with van der Waals surface area (Å²) in [4.78, 5) is 12.1. The Hall–Kier alpha value is -2.91. The molecular formula is C30H34ClFN4O3. The van der Waals surface area contributed by atoms with E-state index in [1.165, 1.54) is 28.6 Å². The summed E-state index contributed by atoms with van der Waals surface area (Å²) < 4.78 is 19.4. The predicted molar refractivity (Wildman–Crippen MR) is 151 cm³/mol. The van der Waals surface area contributed by atoms with Crippen molar-refractivity contribution in [1.29, 1.82) is 0 Å². The first-order valence-electron chi connectivity index (χ1n) is 13.7. The number of rotatable bonds is 6. The molecule has 0 bridgehead atoms. The molecule has 2 aromatic heterocycles. The van der Waals surface area contributed by atoms with E-state index < -0.39 is 18.0 Å². The number of piperidine rings is 2. The van der Waals surface area contributed by atoms with E-state index in [0.717, 1.165) is 44.4 Å². The quantitative estimate of drug-likeness (QED) is 0.299. The number of halogens is 2. The molecule has 0 unspecified atom stereocenters. The zero-order valence-electron chi connectivity index (χ0n) is 22.0. The predicted octanol–water partition coefficient (Wildman–Crippen LogP) is 5.35. The van der Waals surface area contributed by atoms with Crippen LogP contribution in [0, 0.1) is 18.7 Å². The van der Waals surface area contributed by atoms with Crippen LogP contribution in [-0.2, 0) is 0 Å². The standard InChI is InChI=1S/C30H34ClFN4O3/c1-18-3-2-4-22-23(14-33-29(18)22)21-9-10-35(17-27(21)38)16-26(37)19-7-11-36(12-8-19)30-34-15-28(39-30)20-5-6-25(32)24(31)13-20/h2-6,13-15,19,21,26-27,33,37-38H,7-12,16-17H2,1H3/t21-,26-,27+/m1/s1. The van der Waals surface area contributed by atoms with Crippen molar-refractivity contribution in [2.45, 2.75) is 44.3 Å². The number of hydrogen-bond donors (Lipinski definition) is 3. The van der Waals surface area contributed by atoms with Crippen molar-refractivity contribution in [3.05, 3.63) is 70.8 Å². The fraction of sp³-hybridized carbons (Fsp3) is 0.433. The number of aryl methyl sites for hydroxylation is 1. The van der Waals surface area contributed by atoms with Gasteiger partial charge in [-0.15, -0.1) is 0 Å². The summed E-state index contributed by atoms with van der Waals surface area (Å²) in [6, 6.07) is 11.3. The number of likely N-dealkylation sites (tertiary alicyclic amines) is 1. The summed E-state index contributed by atoms with van der Waals surface area (Å²) in [6.45, 7) is 5.54. The summed E-state index contributed by atoms with van der Waals surface area (Å²) >= 11 is 5.91. The van der Waals surface area contributed by atoms with Gasteiger partial charge in [-0.05, 0) is 68.0 Å². The Morgan fingerprint density at radius 1 is 1.18 bits per heavy atom. The van der Waals surface area contributed by atoms with Gasteiger partial charge in [0, 0.05) is 54.8 Å². The Morgan fingerprint density at radius 3 is 2.77 bits per heavy atom. The molecule has 0 saturated carbocycles. The molecule has 3 atom stereocenters. The van der Waals surface area contributed by atoms with Gasteiger partial charge in [-0.3, -0.25) is 4.90 Å². The highest BCUT2D eigenvalue weighted by atomic mass is 35.5. The molecule has 0 aliphatic carbocycles. The van der Waals surface area contributed by atoms with E-state index in [-0.39, 0.29) is 16.9 Å². The fourth-order valence-electron chi connectivity index (χ4n) is 6.24. The van der Waals surface area contributed by atoms with Crippen molar-refractivity contribution >= 4 is 28.5 Å². The van der Waals surface area contributed by atoms with Crippen LogP contribution in [0.15, 0.2) is 53.2 Å². The molecular weight excluding hydrogens is 519 g/mol. The number of fused-ring (bicyclic) bond motifs is 1. The highest BCUT2D eigenvalue weighted by molar-refractivity contribution is 6.31. The number of para-hydroxylation sites is 1. The summed E-state index contributed by atoms with van der Waals surface area (Å²) in [6.07, 6.45) is 5.28. The van der Waals surface area contributed by atoms with E-state index in [4.69, 9.17) is 16.0 Å². The molecule has 0 spiro atoms. The van der Waals surface area contributed by atoms with Gasteiger partial charge in [0.2, 0.25) is 0 Å². The van der Waals surface area contributed by atoms with E-state index >= 15 is 0 Å². The maximum absolute atomic E-state index is 13.5. The molecule has 2 aliphatic rings. The number of nitrogens with one attached hydrogen (secondary N) is 1. The number of aromatic amines is 1. The van der Waals surface area contributed by atoms with Gasteiger partial charge in [0.25, 0.3) is 6.01 Å². The summed E-state index contributed by atoms with van der Waals surface area (Å²) in [5.74, 6) is 0.342. The smallest absolute Gasteiger partial charge is 0.297 e. The van der Waals surface area contributed by atoms with Crippen LogP contribution < -0.4 is 4.90 Å². The summed E-state index contributed by atoms with van der Waals surface area (Å²) in [5, 5.41) is 23.4. The Kier molecular flexibility index (Phi) is 7.37. The lowest BCUT2D eigenvalue weighted by atomic mass is 9.85. The minimum atomic E-state index is -0.470. The van der Waals surface area contributed by atoms with E-state index in [1.807, 2.05) is 0 Å². The third-order valence-electron chi connectivity index (χ3n) is 8.52. The topological polar surface area (TPSA) is 88.8 Å². The van der Waals surface area contributed by atoms with Crippen molar-refractivity contribution in [1.82, 2.24) is 14.9 Å². The molecule has 4 aromatic rings. The number of hydrogen-bond acceptors (Lipinski definition) is 6. The lowest BCUT2D eigenvalue weighted by Gasteiger charge is -2.39. The largest absolute Gasteiger partial charge is 0.423 e. The number of aromatic nitrogens is 2. The molecule has 2 saturated heterocycles. The molecule has 206 valence electrons. The third-order valence-corrected chi connectivity index (χ3v) is 8.81. The van der Waals surface area contributed by atoms with E-state index in [1.54, 1.807) is 12.3 Å². The molecule has 7 nitrogen and oxygen atoms in total. The van der Waals surface area contributed by atoms with Crippen LogP contribution in [-0.4, -0.2) is 70.0 Å². The lowest BCUT2D eigenvalue weighted by molar-refractivity contribution is 0.00593. The number of H-pyrrole nitrogens is 1. The van der Waals surface area contributed by atoms with Crippen LogP contribution in [0.2, 0.25) is 5.02 Å². The Labute approximate surface area is 232 Å². The van der Waals surface area contributed by atoms with Crippen LogP contribution in [0.4, 0.5) is 10.4 Å². The second-order valence-corrected chi connectivity index (χ2v) is 11.4. The van der Waals surface area contributed by atoms with Gasteiger partial charge in [0.1, 0.15) is 5.82 Å². The number of nitrogens with zero attached hydrogens (tertiary/aromatic N) is 3. The van der Waals surface area contributed by atoms with Gasteiger partial charge in [-0.25, -0.2) is 9.37 Å². The number of β-amino-alcohol motifs (C(OH)–C–C–N with tert-alkyl or cyclic N) is 2. The van der Waals surface area contributed by atoms with Gasteiger partial charge < -0.3 is 24.5 Å². The van der Waals surface area contributed by atoms with Crippen LogP contribution >= 0.6 is 11.6 Å². The average Bonchev–Trinajstić information content (AvgIpc) is 3.59. The molecule has 0 radical (unpaired) electrons. The number of aliphatic hydroxyl groups excluding tert-OH is 2. The number of oxazole rings is 1. The summed E-state index contributed by atoms with van der Waals surface area (Å²) in [5.41, 5.74) is 4.22. The normalized spacial score (nSPS) is 22.0. The van der Waals surface area contributed by atoms with Gasteiger partial charge in [-0.2, -0.15) is 0 Å². The van der Waals surface area contributed by atoms with E-state index in [0.29, 0.717) is 30.4 Å². The number of aliphatic hydroxyl groups is 2. The minimum absolute atomic E-state index is 0.0463. The van der Waals surface area contributed by atoms with Crippen molar-refractivity contribution < 1.29 is 19.0 Å². The minimum Gasteiger partial charge on any atom is -0.423 e. The molecule has 9 heteroatoms. The first-order valence-corrected chi connectivity index (χ1v) is 14.1. The molecule has 4 heterocycles. The second-order valence-electron chi connectivity index (χ2n) is 11.0. The van der Waals surface area contributed by atoms with Crippen molar-refractivity contribution in [3.8, 4) is 11.3 Å². The highest BCUT2D eigenvalue weighted by Crippen LogP contribution is 2.35. The Balaban J connectivity index is 1.01. The monoisotopic (exact) mass is 552 g/mol. The molecule has 2 aliphatic heterocycles. The Morgan fingerprint density at radius 2 is 2.00 bits per heavy atom. The molecule has 2 aromatic carbocycles. The van der Waals surface area contributed by atoms with E-state index in [9.17, 15) is 14.6 Å². The third kappa shape index (κ3) is 5.31. The molecule has 6 rings (SSSR count). The van der Waals surface area contributed by atoms with Gasteiger partial charge in [0.15, 0.2) is 5.76 Å². The SMILES string of the molecule is Cc1cccc2c([C@H]3CCN(C[C@@H](O)C4CCN(c5ncc(-c6ccc(F)c(Cl)c6)o5)CC4)C[C@@H]3O)c[nH]c12. The highest BCUT2D eigenvalue weighted by Gasteiger charge is 2.34. The zero-order chi connectivity index (χ0) is 27.1. The van der Waals surface area contributed by atoms with Gasteiger partial charge in [0.05, 0.1) is 23.4 Å². The van der Waals surface area contributed by atoms with Gasteiger partial charge >= 0.3 is 0 Å². The second kappa shape index (κ2) is 10.9. The van der Waals surface area contributed by atoms with Crippen LogP contribution in [0.5, 0.6) is 0 Å². The molecule has 0 amide bonds. The van der Waals surface area contributed by atoms with Crippen LogP contribution in [0.3, 0.4) is 0 Å². The maximum Gasteiger partial charge on any atom is 0.297 e. The van der Waals surface area contributed by atoms with Crippen molar-refractivity contribution in [3.63, 3.8) is 0 Å². The average molecular weight is 553 g/mol.